The van der Waals surface area contributed by atoms with E-state index in [0.29, 0.717) is 18.5 Å². The molecule has 4 aromatic rings. The minimum absolute atomic E-state index is 0.370. The first-order valence-corrected chi connectivity index (χ1v) is 10.7. The summed E-state index contributed by atoms with van der Waals surface area (Å²) < 4.78 is 43.4. The minimum Gasteiger partial charge on any atom is -0.331 e. The number of nitrogens with zero attached hydrogens (tertiary/aromatic N) is 2. The van der Waals surface area contributed by atoms with Crippen LogP contribution in [0.4, 0.5) is 10.1 Å². The Morgan fingerprint density at radius 3 is 2.52 bits per heavy atom. The van der Waals surface area contributed by atoms with E-state index < -0.39 is 15.8 Å². The molecule has 0 aliphatic heterocycles. The van der Waals surface area contributed by atoms with Crippen LogP contribution in [0, 0.1) is 5.82 Å². The summed E-state index contributed by atoms with van der Waals surface area (Å²) in [5, 5.41) is 0. The van der Waals surface area contributed by atoms with E-state index >= 15 is 0 Å². The lowest BCUT2D eigenvalue weighted by atomic mass is 10.1. The molecule has 0 saturated heterocycles. The first kappa shape index (κ1) is 19.1. The third kappa shape index (κ3) is 4.00. The average molecular weight is 409 g/mol. The molecular weight excluding hydrogens is 389 g/mol. The molecule has 29 heavy (non-hydrogen) atoms. The van der Waals surface area contributed by atoms with Gasteiger partial charge >= 0.3 is 0 Å². The molecule has 1 N–H and O–H groups in total. The zero-order valence-corrected chi connectivity index (χ0v) is 16.7. The molecule has 1 heterocycles. The van der Waals surface area contributed by atoms with Gasteiger partial charge in [-0.2, -0.15) is 0 Å². The van der Waals surface area contributed by atoms with E-state index in [-0.39, 0.29) is 4.90 Å². The molecule has 0 atom stereocenters. The first-order chi connectivity index (χ1) is 13.9. The number of rotatable bonds is 6. The van der Waals surface area contributed by atoms with Crippen molar-refractivity contribution in [2.24, 2.45) is 7.05 Å². The van der Waals surface area contributed by atoms with Crippen molar-refractivity contribution in [2.45, 2.75) is 17.7 Å². The Morgan fingerprint density at radius 2 is 1.72 bits per heavy atom. The summed E-state index contributed by atoms with van der Waals surface area (Å²) in [5.41, 5.74) is 3.40. The van der Waals surface area contributed by atoms with Crippen molar-refractivity contribution in [1.82, 2.24) is 9.55 Å². The van der Waals surface area contributed by atoms with Crippen molar-refractivity contribution in [3.05, 3.63) is 90.0 Å². The third-order valence-electron chi connectivity index (χ3n) is 4.82. The summed E-state index contributed by atoms with van der Waals surface area (Å²) in [7, 11) is -2.00. The maximum Gasteiger partial charge on any atom is 0.264 e. The summed E-state index contributed by atoms with van der Waals surface area (Å²) in [4.78, 5) is 4.30. The Morgan fingerprint density at radius 1 is 0.966 bits per heavy atom. The molecule has 0 unspecified atom stereocenters. The van der Waals surface area contributed by atoms with Crippen LogP contribution in [-0.2, 0) is 29.9 Å². The van der Waals surface area contributed by atoms with E-state index in [4.69, 9.17) is 0 Å². The first-order valence-electron chi connectivity index (χ1n) is 9.21. The maximum atomic E-state index is 13.9. The standard InChI is InChI=1S/C22H20FN3O2S/c1-26-20-11-4-3-10-19(20)24-22(26)14-13-16-7-6-8-17(15-16)25-29(27,28)21-12-5-2-9-18(21)23/h2-12,15,25H,13-14H2,1H3. The lowest BCUT2D eigenvalue weighted by molar-refractivity contribution is 0.570. The molecule has 0 bridgehead atoms. The fourth-order valence-corrected chi connectivity index (χ4v) is 4.47. The van der Waals surface area contributed by atoms with Gasteiger partial charge in [0, 0.05) is 19.2 Å². The smallest absolute Gasteiger partial charge is 0.264 e. The number of hydrogen-bond acceptors (Lipinski definition) is 3. The van der Waals surface area contributed by atoms with E-state index in [9.17, 15) is 12.8 Å². The fourth-order valence-electron chi connectivity index (χ4n) is 3.34. The normalized spacial score (nSPS) is 11.7. The van der Waals surface area contributed by atoms with Crippen LogP contribution in [0.1, 0.15) is 11.4 Å². The molecule has 1 aromatic heterocycles. The lowest BCUT2D eigenvalue weighted by Crippen LogP contribution is -2.14. The fraction of sp³-hybridized carbons (Fsp3) is 0.136. The van der Waals surface area contributed by atoms with Crippen molar-refractivity contribution < 1.29 is 12.8 Å². The van der Waals surface area contributed by atoms with Gasteiger partial charge in [-0.3, -0.25) is 4.72 Å². The SMILES string of the molecule is Cn1c(CCc2cccc(NS(=O)(=O)c3ccccc3F)c2)nc2ccccc21. The summed E-state index contributed by atoms with van der Waals surface area (Å²) in [6.07, 6.45) is 1.42. The van der Waals surface area contributed by atoms with Crippen molar-refractivity contribution in [1.29, 1.82) is 0 Å². The Kier molecular flexibility index (Phi) is 5.07. The molecule has 0 saturated carbocycles. The molecule has 0 fully saturated rings. The van der Waals surface area contributed by atoms with Crippen LogP contribution in [0.2, 0.25) is 0 Å². The van der Waals surface area contributed by atoms with Crippen LogP contribution in [0.5, 0.6) is 0 Å². The molecular formula is C22H20FN3O2S. The van der Waals surface area contributed by atoms with E-state index in [1.165, 1.54) is 18.2 Å². The monoisotopic (exact) mass is 409 g/mol. The summed E-state index contributed by atoms with van der Waals surface area (Å²) >= 11 is 0. The predicted molar refractivity (Wildman–Crippen MR) is 112 cm³/mol. The Balaban J connectivity index is 1.51. The highest BCUT2D eigenvalue weighted by Crippen LogP contribution is 2.21. The molecule has 0 aliphatic carbocycles. The van der Waals surface area contributed by atoms with Gasteiger partial charge in [-0.25, -0.2) is 17.8 Å². The lowest BCUT2D eigenvalue weighted by Gasteiger charge is -2.10. The number of hydrogen-bond donors (Lipinski definition) is 1. The molecule has 4 rings (SSSR count). The Labute approximate surface area is 168 Å². The van der Waals surface area contributed by atoms with Gasteiger partial charge in [0.05, 0.1) is 11.0 Å². The van der Waals surface area contributed by atoms with E-state index in [1.54, 1.807) is 18.2 Å². The number of benzene rings is 3. The largest absolute Gasteiger partial charge is 0.331 e. The van der Waals surface area contributed by atoms with Gasteiger partial charge < -0.3 is 4.57 Å². The van der Waals surface area contributed by atoms with Crippen molar-refractivity contribution in [3.8, 4) is 0 Å². The quantitative estimate of drug-likeness (QED) is 0.516. The average Bonchev–Trinajstić information content (AvgIpc) is 3.02. The van der Waals surface area contributed by atoms with Gasteiger partial charge in [-0.15, -0.1) is 0 Å². The second kappa shape index (κ2) is 7.67. The highest BCUT2D eigenvalue weighted by molar-refractivity contribution is 7.92. The summed E-state index contributed by atoms with van der Waals surface area (Å²) in [6.45, 7) is 0. The van der Waals surface area contributed by atoms with Gasteiger partial charge in [0.15, 0.2) is 0 Å². The molecule has 0 aliphatic rings. The number of aryl methyl sites for hydroxylation is 3. The van der Waals surface area contributed by atoms with Gasteiger partial charge in [0.1, 0.15) is 16.5 Å². The van der Waals surface area contributed by atoms with Crippen molar-refractivity contribution >= 4 is 26.7 Å². The number of imidazole rings is 1. The van der Waals surface area contributed by atoms with Gasteiger partial charge in [0.2, 0.25) is 0 Å². The molecule has 7 heteroatoms. The second-order valence-corrected chi connectivity index (χ2v) is 8.46. The number of para-hydroxylation sites is 2. The molecule has 0 spiro atoms. The highest BCUT2D eigenvalue weighted by Gasteiger charge is 2.18. The third-order valence-corrected chi connectivity index (χ3v) is 6.24. The van der Waals surface area contributed by atoms with Crippen LogP contribution in [0.3, 0.4) is 0 Å². The minimum atomic E-state index is -3.99. The zero-order valence-electron chi connectivity index (χ0n) is 15.8. The van der Waals surface area contributed by atoms with Crippen LogP contribution in [0.25, 0.3) is 11.0 Å². The van der Waals surface area contributed by atoms with Gasteiger partial charge in [-0.05, 0) is 48.4 Å². The number of anilines is 1. The Bertz CT molecular complexity index is 1280. The van der Waals surface area contributed by atoms with E-state index in [2.05, 4.69) is 14.3 Å². The number of aromatic nitrogens is 2. The predicted octanol–water partition coefficient (Wildman–Crippen LogP) is 4.30. The highest BCUT2D eigenvalue weighted by atomic mass is 32.2. The van der Waals surface area contributed by atoms with Crippen LogP contribution < -0.4 is 4.72 Å². The zero-order chi connectivity index (χ0) is 20.4. The van der Waals surface area contributed by atoms with Crippen LogP contribution in [0.15, 0.2) is 77.7 Å². The summed E-state index contributed by atoms with van der Waals surface area (Å²) in [5.74, 6) is 0.182. The molecule has 5 nitrogen and oxygen atoms in total. The van der Waals surface area contributed by atoms with Crippen LogP contribution >= 0.6 is 0 Å². The number of fused-ring (bicyclic) bond motifs is 1. The number of sulfonamides is 1. The van der Waals surface area contributed by atoms with Crippen LogP contribution in [-0.4, -0.2) is 18.0 Å². The maximum absolute atomic E-state index is 13.9. The van der Waals surface area contributed by atoms with E-state index in [0.717, 1.165) is 28.5 Å². The Hall–Kier alpha value is -3.19. The molecule has 0 amide bonds. The van der Waals surface area contributed by atoms with E-state index in [1.807, 2.05) is 37.4 Å². The molecule has 148 valence electrons. The number of nitrogens with one attached hydrogen (secondary N) is 1. The molecule has 0 radical (unpaired) electrons. The summed E-state index contributed by atoms with van der Waals surface area (Å²) in [6, 6.07) is 20.4. The van der Waals surface area contributed by atoms with Crippen molar-refractivity contribution in [3.63, 3.8) is 0 Å². The molecule has 3 aromatic carbocycles. The van der Waals surface area contributed by atoms with Crippen molar-refractivity contribution in [2.75, 3.05) is 4.72 Å². The van der Waals surface area contributed by atoms with Gasteiger partial charge in [-0.1, -0.05) is 36.4 Å². The number of halogens is 1. The van der Waals surface area contributed by atoms with Gasteiger partial charge in [0.25, 0.3) is 10.0 Å². The second-order valence-electron chi connectivity index (χ2n) is 6.81. The topological polar surface area (TPSA) is 64.0 Å².